The molecule has 2 aromatic rings. The average molecular weight is 417 g/mol. The quantitative estimate of drug-likeness (QED) is 0.783. The van der Waals surface area contributed by atoms with Gasteiger partial charge in [-0.15, -0.1) is 0 Å². The van der Waals surface area contributed by atoms with Gasteiger partial charge in [-0.1, -0.05) is 12.1 Å². The van der Waals surface area contributed by atoms with Crippen molar-refractivity contribution in [2.75, 3.05) is 39.5 Å². The number of hydrogen-bond acceptors (Lipinski definition) is 5. The Bertz CT molecular complexity index is 916. The highest BCUT2D eigenvalue weighted by Crippen LogP contribution is 2.32. The summed E-state index contributed by atoms with van der Waals surface area (Å²) in [6, 6.07) is 8.86. The fraction of sp³-hybridized carbons (Fsp3) is 0.409. The Morgan fingerprint density at radius 3 is 2.53 bits per heavy atom. The third-order valence-corrected chi connectivity index (χ3v) is 5.48. The third-order valence-electron chi connectivity index (χ3n) is 5.48. The van der Waals surface area contributed by atoms with Crippen LogP contribution in [0.4, 0.5) is 8.78 Å². The van der Waals surface area contributed by atoms with Crippen molar-refractivity contribution in [1.29, 1.82) is 0 Å². The highest BCUT2D eigenvalue weighted by molar-refractivity contribution is 5.78. The molecule has 1 fully saturated rings. The molecule has 2 aliphatic heterocycles. The van der Waals surface area contributed by atoms with E-state index in [4.69, 9.17) is 9.47 Å². The van der Waals surface area contributed by atoms with Crippen LogP contribution in [-0.4, -0.2) is 55.2 Å². The van der Waals surface area contributed by atoms with Gasteiger partial charge in [0.25, 0.3) is 0 Å². The van der Waals surface area contributed by atoms with E-state index < -0.39 is 17.7 Å². The summed E-state index contributed by atoms with van der Waals surface area (Å²) in [7, 11) is 0. The average Bonchev–Trinajstić information content (AvgIpc) is 3.17. The highest BCUT2D eigenvalue weighted by Gasteiger charge is 2.21. The summed E-state index contributed by atoms with van der Waals surface area (Å²) < 4.78 is 37.7. The highest BCUT2D eigenvalue weighted by atomic mass is 19.1. The van der Waals surface area contributed by atoms with Crippen molar-refractivity contribution in [3.8, 4) is 11.5 Å². The van der Waals surface area contributed by atoms with Crippen LogP contribution in [0.2, 0.25) is 0 Å². The summed E-state index contributed by atoms with van der Waals surface area (Å²) in [6.07, 6.45) is 0. The molecule has 8 heteroatoms. The van der Waals surface area contributed by atoms with E-state index in [1.807, 2.05) is 18.2 Å². The lowest BCUT2D eigenvalue weighted by Gasteiger charge is -2.34. The molecule has 1 N–H and O–H groups in total. The standard InChI is InChI=1S/C22H25F2N3O3/c1-15(18-4-3-17(23)11-19(18)24)25-22(28)13-27-8-6-26(7-9-27)12-16-2-5-20-21(10-16)30-14-29-20/h2-5,10-11,15H,6-9,12-14H2,1H3,(H,25,28)/t15-/m1/s1. The fourth-order valence-electron chi connectivity index (χ4n) is 3.82. The van der Waals surface area contributed by atoms with Crippen molar-refractivity contribution in [1.82, 2.24) is 15.1 Å². The molecular weight excluding hydrogens is 392 g/mol. The number of halogens is 2. The van der Waals surface area contributed by atoms with Crippen LogP contribution < -0.4 is 14.8 Å². The van der Waals surface area contributed by atoms with Crippen molar-refractivity contribution in [3.05, 3.63) is 59.2 Å². The predicted octanol–water partition coefficient (Wildman–Crippen LogP) is 2.69. The topological polar surface area (TPSA) is 54.0 Å². The summed E-state index contributed by atoms with van der Waals surface area (Å²) in [5.74, 6) is 0.114. The minimum absolute atomic E-state index is 0.171. The Hall–Kier alpha value is -2.71. The van der Waals surface area contributed by atoms with Gasteiger partial charge in [-0.2, -0.15) is 0 Å². The van der Waals surface area contributed by atoms with Crippen LogP contribution in [0.3, 0.4) is 0 Å². The van der Waals surface area contributed by atoms with E-state index in [1.54, 1.807) is 6.92 Å². The second-order valence-corrected chi connectivity index (χ2v) is 7.69. The largest absolute Gasteiger partial charge is 0.454 e. The number of nitrogens with one attached hydrogen (secondary N) is 1. The zero-order chi connectivity index (χ0) is 21.1. The summed E-state index contributed by atoms with van der Waals surface area (Å²) in [5, 5.41) is 2.80. The van der Waals surface area contributed by atoms with E-state index in [2.05, 4.69) is 15.1 Å². The second kappa shape index (κ2) is 8.97. The van der Waals surface area contributed by atoms with E-state index in [1.165, 1.54) is 17.7 Å². The Labute approximate surface area is 174 Å². The lowest BCUT2D eigenvalue weighted by atomic mass is 10.1. The number of benzene rings is 2. The van der Waals surface area contributed by atoms with E-state index in [0.717, 1.165) is 50.3 Å². The van der Waals surface area contributed by atoms with Crippen LogP contribution in [0, 0.1) is 11.6 Å². The maximum absolute atomic E-state index is 13.9. The summed E-state index contributed by atoms with van der Waals surface area (Å²) in [5.41, 5.74) is 1.44. The van der Waals surface area contributed by atoms with Crippen molar-refractivity contribution < 1.29 is 23.0 Å². The minimum Gasteiger partial charge on any atom is -0.454 e. The van der Waals surface area contributed by atoms with Crippen LogP contribution in [-0.2, 0) is 11.3 Å². The summed E-state index contributed by atoms with van der Waals surface area (Å²) in [4.78, 5) is 16.8. The minimum atomic E-state index is -0.653. The first-order valence-corrected chi connectivity index (χ1v) is 10.1. The van der Waals surface area contributed by atoms with Crippen molar-refractivity contribution in [2.45, 2.75) is 19.5 Å². The first kappa shape index (κ1) is 20.6. The van der Waals surface area contributed by atoms with E-state index in [-0.39, 0.29) is 24.8 Å². The monoisotopic (exact) mass is 417 g/mol. The summed E-state index contributed by atoms with van der Waals surface area (Å²) >= 11 is 0. The zero-order valence-corrected chi connectivity index (χ0v) is 16.9. The molecule has 0 aromatic heterocycles. The molecular formula is C22H25F2N3O3. The lowest BCUT2D eigenvalue weighted by molar-refractivity contribution is -0.123. The predicted molar refractivity (Wildman–Crippen MR) is 107 cm³/mol. The maximum Gasteiger partial charge on any atom is 0.234 e. The van der Waals surface area contributed by atoms with Crippen LogP contribution in [0.15, 0.2) is 36.4 Å². The van der Waals surface area contributed by atoms with Crippen LogP contribution in [0.1, 0.15) is 24.1 Å². The first-order valence-electron chi connectivity index (χ1n) is 10.1. The van der Waals surface area contributed by atoms with Gasteiger partial charge in [0.15, 0.2) is 11.5 Å². The molecule has 0 spiro atoms. The molecule has 30 heavy (non-hydrogen) atoms. The number of amides is 1. The van der Waals surface area contributed by atoms with Crippen LogP contribution in [0.25, 0.3) is 0 Å². The molecule has 160 valence electrons. The number of carbonyl (C=O) groups excluding carboxylic acids is 1. The van der Waals surface area contributed by atoms with Crippen molar-refractivity contribution in [2.24, 2.45) is 0 Å². The van der Waals surface area contributed by atoms with Gasteiger partial charge in [0.05, 0.1) is 12.6 Å². The van der Waals surface area contributed by atoms with Crippen molar-refractivity contribution in [3.63, 3.8) is 0 Å². The van der Waals surface area contributed by atoms with Gasteiger partial charge in [0.1, 0.15) is 11.6 Å². The fourth-order valence-corrected chi connectivity index (χ4v) is 3.82. The molecule has 6 nitrogen and oxygen atoms in total. The molecule has 0 unspecified atom stereocenters. The molecule has 4 rings (SSSR count). The van der Waals surface area contributed by atoms with Gasteiger partial charge in [-0.3, -0.25) is 14.6 Å². The number of rotatable bonds is 6. The Kier molecular flexibility index (Phi) is 6.15. The molecule has 2 aromatic carbocycles. The number of carbonyl (C=O) groups is 1. The molecule has 0 saturated carbocycles. The second-order valence-electron chi connectivity index (χ2n) is 7.69. The van der Waals surface area contributed by atoms with Gasteiger partial charge in [-0.05, 0) is 30.7 Å². The van der Waals surface area contributed by atoms with Gasteiger partial charge in [-0.25, -0.2) is 8.78 Å². The number of fused-ring (bicyclic) bond motifs is 1. The van der Waals surface area contributed by atoms with Gasteiger partial charge >= 0.3 is 0 Å². The Balaban J connectivity index is 1.23. The summed E-state index contributed by atoms with van der Waals surface area (Å²) in [6.45, 7) is 6.29. The third kappa shape index (κ3) is 4.88. The lowest BCUT2D eigenvalue weighted by Crippen LogP contribution is -2.49. The molecule has 1 saturated heterocycles. The van der Waals surface area contributed by atoms with Crippen LogP contribution in [0.5, 0.6) is 11.5 Å². The van der Waals surface area contributed by atoms with Gasteiger partial charge in [0, 0.05) is 44.4 Å². The van der Waals surface area contributed by atoms with E-state index in [9.17, 15) is 13.6 Å². The van der Waals surface area contributed by atoms with Gasteiger partial charge in [0.2, 0.25) is 12.7 Å². The van der Waals surface area contributed by atoms with Crippen LogP contribution >= 0.6 is 0 Å². The molecule has 0 bridgehead atoms. The maximum atomic E-state index is 13.9. The molecule has 1 atom stereocenters. The zero-order valence-electron chi connectivity index (χ0n) is 16.9. The molecule has 0 radical (unpaired) electrons. The number of nitrogens with zero attached hydrogens (tertiary/aromatic N) is 2. The van der Waals surface area contributed by atoms with Gasteiger partial charge < -0.3 is 14.8 Å². The van der Waals surface area contributed by atoms with Crippen molar-refractivity contribution >= 4 is 5.91 Å². The molecule has 1 amide bonds. The molecule has 2 heterocycles. The van der Waals surface area contributed by atoms with E-state index in [0.29, 0.717) is 0 Å². The Morgan fingerprint density at radius 1 is 1.03 bits per heavy atom. The Morgan fingerprint density at radius 2 is 1.77 bits per heavy atom. The number of hydrogen-bond donors (Lipinski definition) is 1. The number of piperazine rings is 1. The number of ether oxygens (including phenoxy) is 2. The first-order chi connectivity index (χ1) is 14.5. The smallest absolute Gasteiger partial charge is 0.234 e. The molecule has 0 aliphatic carbocycles. The van der Waals surface area contributed by atoms with E-state index >= 15 is 0 Å². The molecule has 2 aliphatic rings. The SMILES string of the molecule is C[C@@H](NC(=O)CN1CCN(Cc2ccc3c(c2)OCO3)CC1)c1ccc(F)cc1F. The normalized spacial score (nSPS) is 17.7.